The van der Waals surface area contributed by atoms with Gasteiger partial charge in [0.2, 0.25) is 11.7 Å². The SMILES string of the molecule is CC(C)(C)OC(=O)N1C[C@H](O[Si](C)(C)C(C)(C)C)C[C@H]1c1nc(-c2ccc(OC(F)(F)F)cc2)no1. The van der Waals surface area contributed by atoms with E-state index in [1.165, 1.54) is 24.3 Å². The summed E-state index contributed by atoms with van der Waals surface area (Å²) in [6.07, 6.45) is -5.08. The van der Waals surface area contributed by atoms with Crippen molar-refractivity contribution in [1.29, 1.82) is 0 Å². The van der Waals surface area contributed by atoms with E-state index in [1.807, 2.05) is 0 Å². The number of carbonyl (C=O) groups excluding carboxylic acids is 1. The third kappa shape index (κ3) is 7.00. The van der Waals surface area contributed by atoms with Gasteiger partial charge in [-0.1, -0.05) is 25.9 Å². The number of amides is 1. The van der Waals surface area contributed by atoms with Crippen molar-refractivity contribution >= 4 is 14.4 Å². The monoisotopic (exact) mass is 529 g/mol. The van der Waals surface area contributed by atoms with Crippen molar-refractivity contribution in [1.82, 2.24) is 15.0 Å². The summed E-state index contributed by atoms with van der Waals surface area (Å²) in [7, 11) is -2.12. The Balaban J connectivity index is 1.84. The molecule has 1 saturated heterocycles. The van der Waals surface area contributed by atoms with Gasteiger partial charge in [-0.05, 0) is 63.2 Å². The molecule has 0 bridgehead atoms. The number of alkyl halides is 3. The van der Waals surface area contributed by atoms with Crippen LogP contribution in [-0.2, 0) is 9.16 Å². The maximum atomic E-state index is 13.0. The number of likely N-dealkylation sites (tertiary alicyclic amines) is 1. The predicted molar refractivity (Wildman–Crippen MR) is 129 cm³/mol. The summed E-state index contributed by atoms with van der Waals surface area (Å²) in [4.78, 5) is 19.0. The molecule has 2 heterocycles. The van der Waals surface area contributed by atoms with Crippen LogP contribution in [0.5, 0.6) is 5.75 Å². The van der Waals surface area contributed by atoms with Crippen LogP contribution in [-0.4, -0.2) is 54.1 Å². The molecule has 1 aliphatic rings. The Bertz CT molecular complexity index is 1060. The number of carbonyl (C=O) groups is 1. The zero-order chi connectivity index (χ0) is 27.1. The van der Waals surface area contributed by atoms with E-state index in [0.29, 0.717) is 18.5 Å². The zero-order valence-corrected chi connectivity index (χ0v) is 22.9. The molecule has 200 valence electrons. The fourth-order valence-electron chi connectivity index (χ4n) is 3.53. The van der Waals surface area contributed by atoms with Crippen molar-refractivity contribution in [3.8, 4) is 17.1 Å². The van der Waals surface area contributed by atoms with Crippen LogP contribution in [0.2, 0.25) is 18.1 Å². The van der Waals surface area contributed by atoms with E-state index in [1.54, 1.807) is 25.7 Å². The van der Waals surface area contributed by atoms with Crippen LogP contribution in [0.15, 0.2) is 28.8 Å². The van der Waals surface area contributed by atoms with E-state index in [2.05, 4.69) is 48.7 Å². The van der Waals surface area contributed by atoms with E-state index in [9.17, 15) is 18.0 Å². The number of rotatable bonds is 5. The van der Waals surface area contributed by atoms with Crippen molar-refractivity contribution in [2.45, 2.75) is 90.2 Å². The molecule has 2 aromatic rings. The second-order valence-corrected chi connectivity index (χ2v) is 16.2. The second-order valence-electron chi connectivity index (χ2n) is 11.4. The topological polar surface area (TPSA) is 86.9 Å². The van der Waals surface area contributed by atoms with Crippen LogP contribution < -0.4 is 4.74 Å². The predicted octanol–water partition coefficient (Wildman–Crippen LogP) is 6.71. The Hall–Kier alpha value is -2.60. The molecule has 0 aliphatic carbocycles. The van der Waals surface area contributed by atoms with Crippen molar-refractivity contribution in [3.63, 3.8) is 0 Å². The smallest absolute Gasteiger partial charge is 0.444 e. The largest absolute Gasteiger partial charge is 0.573 e. The molecule has 8 nitrogen and oxygen atoms in total. The van der Waals surface area contributed by atoms with E-state index < -0.39 is 32.4 Å². The number of nitrogens with zero attached hydrogens (tertiary/aromatic N) is 3. The van der Waals surface area contributed by atoms with Crippen LogP contribution in [0.3, 0.4) is 0 Å². The fourth-order valence-corrected chi connectivity index (χ4v) is 4.88. The van der Waals surface area contributed by atoms with Crippen LogP contribution in [0, 0.1) is 0 Å². The van der Waals surface area contributed by atoms with Crippen molar-refractivity contribution in [3.05, 3.63) is 30.2 Å². The highest BCUT2D eigenvalue weighted by atomic mass is 28.4. The lowest BCUT2D eigenvalue weighted by Gasteiger charge is -2.38. The fraction of sp³-hybridized carbons (Fsp3) is 0.625. The van der Waals surface area contributed by atoms with Gasteiger partial charge in [0.1, 0.15) is 17.4 Å². The summed E-state index contributed by atoms with van der Waals surface area (Å²) in [5.41, 5.74) is -0.254. The van der Waals surface area contributed by atoms with Gasteiger partial charge < -0.3 is 18.4 Å². The molecule has 0 radical (unpaired) electrons. The molecule has 3 rings (SSSR count). The highest BCUT2D eigenvalue weighted by Crippen LogP contribution is 2.41. The number of hydrogen-bond donors (Lipinski definition) is 0. The molecular weight excluding hydrogens is 495 g/mol. The van der Waals surface area contributed by atoms with Crippen molar-refractivity contribution < 1.29 is 36.4 Å². The van der Waals surface area contributed by atoms with E-state index >= 15 is 0 Å². The van der Waals surface area contributed by atoms with E-state index in [4.69, 9.17) is 13.7 Å². The lowest BCUT2D eigenvalue weighted by atomic mass is 10.2. The summed E-state index contributed by atoms with van der Waals surface area (Å²) >= 11 is 0. The molecule has 1 aromatic heterocycles. The minimum absolute atomic E-state index is 0.0124. The van der Waals surface area contributed by atoms with Crippen LogP contribution in [0.25, 0.3) is 11.4 Å². The first-order valence-electron chi connectivity index (χ1n) is 11.7. The number of halogens is 3. The molecule has 0 saturated carbocycles. The van der Waals surface area contributed by atoms with Crippen molar-refractivity contribution in [2.75, 3.05) is 6.54 Å². The van der Waals surface area contributed by atoms with E-state index in [0.717, 1.165) is 0 Å². The summed E-state index contributed by atoms with van der Waals surface area (Å²) in [6.45, 7) is 16.4. The lowest BCUT2D eigenvalue weighted by molar-refractivity contribution is -0.274. The molecule has 12 heteroatoms. The van der Waals surface area contributed by atoms with Gasteiger partial charge in [-0.3, -0.25) is 4.90 Å². The molecule has 0 spiro atoms. The van der Waals surface area contributed by atoms with Gasteiger partial charge in [0.05, 0.1) is 6.10 Å². The summed E-state index contributed by atoms with van der Waals surface area (Å²) in [5.74, 6) is 0.0294. The number of ether oxygens (including phenoxy) is 2. The van der Waals surface area contributed by atoms with Crippen LogP contribution in [0.4, 0.5) is 18.0 Å². The minimum Gasteiger partial charge on any atom is -0.444 e. The van der Waals surface area contributed by atoms with Crippen LogP contribution in [0.1, 0.15) is 59.9 Å². The first-order chi connectivity index (χ1) is 16.3. The molecule has 0 N–H and O–H groups in total. The number of benzene rings is 1. The highest BCUT2D eigenvalue weighted by molar-refractivity contribution is 6.74. The van der Waals surface area contributed by atoms with Gasteiger partial charge in [0, 0.05) is 18.5 Å². The molecule has 1 aliphatic heterocycles. The summed E-state index contributed by atoms with van der Waals surface area (Å²) < 4.78 is 58.9. The second kappa shape index (κ2) is 9.69. The quantitative estimate of drug-likeness (QED) is 0.398. The first kappa shape index (κ1) is 28.0. The van der Waals surface area contributed by atoms with Gasteiger partial charge in [0.25, 0.3) is 0 Å². The molecule has 2 atom stereocenters. The number of aromatic nitrogens is 2. The maximum absolute atomic E-state index is 13.0. The Morgan fingerprint density at radius 2 is 1.69 bits per heavy atom. The average molecular weight is 530 g/mol. The van der Waals surface area contributed by atoms with Gasteiger partial charge in [-0.15, -0.1) is 13.2 Å². The maximum Gasteiger partial charge on any atom is 0.573 e. The van der Waals surface area contributed by atoms with Crippen LogP contribution >= 0.6 is 0 Å². The van der Waals surface area contributed by atoms with E-state index in [-0.39, 0.29) is 28.6 Å². The third-order valence-electron chi connectivity index (χ3n) is 6.23. The molecule has 0 unspecified atom stereocenters. The standard InChI is InChI=1S/C24H34F3N3O5Si/c1-22(2,3)33-21(31)30-14-17(35-36(7,8)23(4,5)6)13-18(30)20-28-19(29-34-20)15-9-11-16(12-10-15)32-24(25,26)27/h9-12,17-18H,13-14H2,1-8H3/t17-,18+/m1/s1. The zero-order valence-electron chi connectivity index (χ0n) is 21.9. The Morgan fingerprint density at radius 1 is 1.08 bits per heavy atom. The summed E-state index contributed by atoms with van der Waals surface area (Å²) in [6, 6.07) is 4.58. The Labute approximate surface area is 210 Å². The van der Waals surface area contributed by atoms with Crippen molar-refractivity contribution in [2.24, 2.45) is 0 Å². The normalized spacial score (nSPS) is 19.5. The van der Waals surface area contributed by atoms with Gasteiger partial charge in [-0.25, -0.2) is 4.79 Å². The Morgan fingerprint density at radius 3 is 2.22 bits per heavy atom. The Kier molecular flexibility index (Phi) is 7.53. The average Bonchev–Trinajstić information content (AvgIpc) is 3.32. The third-order valence-corrected chi connectivity index (χ3v) is 10.8. The molecule has 1 aromatic carbocycles. The summed E-state index contributed by atoms with van der Waals surface area (Å²) in [5, 5.41) is 3.97. The molecule has 1 amide bonds. The first-order valence-corrected chi connectivity index (χ1v) is 14.6. The number of hydrogen-bond acceptors (Lipinski definition) is 7. The van der Waals surface area contributed by atoms with Gasteiger partial charge in [-0.2, -0.15) is 4.98 Å². The molecular formula is C24H34F3N3O5Si. The highest BCUT2D eigenvalue weighted by Gasteiger charge is 2.46. The molecule has 36 heavy (non-hydrogen) atoms. The van der Waals surface area contributed by atoms with Gasteiger partial charge >= 0.3 is 12.5 Å². The van der Waals surface area contributed by atoms with Gasteiger partial charge in [0.15, 0.2) is 8.32 Å². The lowest BCUT2D eigenvalue weighted by Crippen LogP contribution is -2.45. The minimum atomic E-state index is -4.78. The molecule has 1 fully saturated rings.